The van der Waals surface area contributed by atoms with E-state index in [-0.39, 0.29) is 36.2 Å². The third kappa shape index (κ3) is 9.51. The van der Waals surface area contributed by atoms with Gasteiger partial charge in [-0.1, -0.05) is 18.2 Å². The van der Waals surface area contributed by atoms with Crippen LogP contribution >= 0.6 is 0 Å². The number of nitrogen functional groups attached to an aromatic ring is 1. The standard InChI is InChI=1S/C52H63N13O5/c53-48-46-47(36-7-10-42(11-8-36)70-41-5-2-1-3-6-41)57-65(49(46)55-35-54-48)39-17-21-60(22-18-39)38-15-23-62(24-16-38)52(69)63-31-27-59(28-32-63)20-4-19-58-25-29-61(30-26-58)40-9-12-43-37(33-40)34-64(51(43)68)44-13-14-45(66)56-50(44)67/h1-3,5-12,33,35,38-39,44H,4,13-32,34H2,(H2,53,54,55)(H,56,66,67). The van der Waals surface area contributed by atoms with Crippen LogP contribution in [0, 0.1) is 0 Å². The topological polar surface area (TPSA) is 182 Å². The van der Waals surface area contributed by atoms with Gasteiger partial charge in [-0.15, -0.1) is 0 Å². The van der Waals surface area contributed by atoms with Gasteiger partial charge in [0, 0.05) is 114 Å². The Kier molecular flexibility index (Phi) is 13.1. The molecule has 3 aromatic carbocycles. The number of piperazine rings is 2. The summed E-state index contributed by atoms with van der Waals surface area (Å²) in [6, 6.07) is 23.9. The van der Waals surface area contributed by atoms with Crippen molar-refractivity contribution in [2.24, 2.45) is 0 Å². The van der Waals surface area contributed by atoms with Crippen molar-refractivity contribution in [3.8, 4) is 22.8 Å². The number of carbonyl (C=O) groups is 4. The third-order valence-corrected chi connectivity index (χ3v) is 15.6. The fraction of sp³-hybridized carbons (Fsp3) is 0.481. The van der Waals surface area contributed by atoms with Gasteiger partial charge in [0.1, 0.15) is 35.4 Å². The average Bonchev–Trinajstić information content (AvgIpc) is 3.95. The Morgan fingerprint density at radius 2 is 1.39 bits per heavy atom. The van der Waals surface area contributed by atoms with Crippen molar-refractivity contribution in [3.63, 3.8) is 0 Å². The van der Waals surface area contributed by atoms with Crippen LogP contribution in [0.1, 0.15) is 66.9 Å². The van der Waals surface area contributed by atoms with Gasteiger partial charge in [-0.25, -0.2) is 19.4 Å². The van der Waals surface area contributed by atoms with Crippen molar-refractivity contribution < 1.29 is 23.9 Å². The number of nitrogens with one attached hydrogen (secondary N) is 1. The number of para-hydroxylation sites is 1. The molecule has 366 valence electrons. The van der Waals surface area contributed by atoms with Gasteiger partial charge in [0.05, 0.1) is 11.4 Å². The molecule has 0 bridgehead atoms. The van der Waals surface area contributed by atoms with E-state index in [1.807, 2.05) is 66.7 Å². The Balaban J connectivity index is 0.590. The van der Waals surface area contributed by atoms with E-state index in [0.717, 1.165) is 169 Å². The molecule has 5 amide bonds. The van der Waals surface area contributed by atoms with E-state index in [1.165, 1.54) is 6.33 Å². The van der Waals surface area contributed by atoms with Gasteiger partial charge >= 0.3 is 6.03 Å². The number of hydrogen-bond donors (Lipinski definition) is 2. The molecule has 0 aliphatic carbocycles. The van der Waals surface area contributed by atoms with Gasteiger partial charge in [-0.05, 0) is 112 Å². The average molecular weight is 950 g/mol. The zero-order valence-corrected chi connectivity index (χ0v) is 39.8. The van der Waals surface area contributed by atoms with E-state index in [9.17, 15) is 19.2 Å². The van der Waals surface area contributed by atoms with Crippen LogP contribution in [-0.2, 0) is 16.1 Å². The molecule has 8 heterocycles. The molecule has 0 spiro atoms. The lowest BCUT2D eigenvalue weighted by Crippen LogP contribution is -2.56. The highest BCUT2D eigenvalue weighted by Gasteiger charge is 2.40. The van der Waals surface area contributed by atoms with Crippen LogP contribution in [0.25, 0.3) is 22.3 Å². The SMILES string of the molecule is Nc1ncnc2c1c(-c1ccc(Oc3ccccc3)cc1)nn2C1CCN(C2CCN(C(=O)N3CCN(CCCN4CCN(c5ccc6c(c5)CN(C5CCC(=O)NC5=O)C6=O)CC4)CC3)CC2)CC1. The van der Waals surface area contributed by atoms with Gasteiger partial charge in [-0.3, -0.25) is 29.5 Å². The third-order valence-electron chi connectivity index (χ3n) is 15.6. The quantitative estimate of drug-likeness (QED) is 0.175. The number of ether oxygens (including phenoxy) is 1. The van der Waals surface area contributed by atoms with Crippen LogP contribution in [0.15, 0.2) is 79.1 Å². The summed E-state index contributed by atoms with van der Waals surface area (Å²) >= 11 is 0. The van der Waals surface area contributed by atoms with Gasteiger partial charge < -0.3 is 35.0 Å². The summed E-state index contributed by atoms with van der Waals surface area (Å²) < 4.78 is 8.10. The zero-order valence-electron chi connectivity index (χ0n) is 39.8. The molecule has 18 heteroatoms. The lowest BCUT2D eigenvalue weighted by Gasteiger charge is -2.43. The molecule has 1 atom stereocenters. The van der Waals surface area contributed by atoms with Gasteiger partial charge in [0.2, 0.25) is 11.8 Å². The number of amides is 5. The second-order valence-corrected chi connectivity index (χ2v) is 19.7. The number of imide groups is 1. The van der Waals surface area contributed by atoms with Crippen LogP contribution in [0.5, 0.6) is 11.5 Å². The van der Waals surface area contributed by atoms with Gasteiger partial charge in [0.25, 0.3) is 5.91 Å². The fourth-order valence-electron chi connectivity index (χ4n) is 11.5. The maximum absolute atomic E-state index is 13.7. The number of nitrogens with zero attached hydrogens (tertiary/aromatic N) is 11. The van der Waals surface area contributed by atoms with Crippen molar-refractivity contribution in [2.75, 3.05) is 102 Å². The number of rotatable bonds is 11. The minimum absolute atomic E-state index is 0.136. The van der Waals surface area contributed by atoms with Crippen molar-refractivity contribution in [2.45, 2.75) is 69.6 Å². The molecular weight excluding hydrogens is 887 g/mol. The number of piperidine rings is 3. The molecule has 3 N–H and O–H groups in total. The number of anilines is 2. The Labute approximate surface area is 408 Å². The predicted molar refractivity (Wildman–Crippen MR) is 265 cm³/mol. The number of fused-ring (bicyclic) bond motifs is 2. The maximum atomic E-state index is 13.7. The highest BCUT2D eigenvalue weighted by atomic mass is 16.5. The number of likely N-dealkylation sites (tertiary alicyclic amines) is 2. The summed E-state index contributed by atoms with van der Waals surface area (Å²) in [6.07, 6.45) is 7.15. The molecule has 6 aliphatic heterocycles. The highest BCUT2D eigenvalue weighted by molar-refractivity contribution is 6.05. The molecule has 18 nitrogen and oxygen atoms in total. The molecule has 5 aromatic rings. The summed E-state index contributed by atoms with van der Waals surface area (Å²) in [6.45, 7) is 13.2. The summed E-state index contributed by atoms with van der Waals surface area (Å²) in [4.78, 5) is 75.8. The number of benzene rings is 3. The van der Waals surface area contributed by atoms with Crippen LogP contribution < -0.4 is 20.7 Å². The number of hydrogen-bond acceptors (Lipinski definition) is 13. The minimum atomic E-state index is -0.600. The first-order valence-corrected chi connectivity index (χ1v) is 25.3. The van der Waals surface area contributed by atoms with Crippen LogP contribution in [0.4, 0.5) is 16.3 Å². The molecule has 0 saturated carbocycles. The summed E-state index contributed by atoms with van der Waals surface area (Å²) in [5.41, 5.74) is 11.7. The van der Waals surface area contributed by atoms with E-state index < -0.39 is 6.04 Å². The normalized spacial score (nSPS) is 21.4. The number of urea groups is 1. The minimum Gasteiger partial charge on any atom is -0.457 e. The Hall–Kier alpha value is -6.63. The molecule has 70 heavy (non-hydrogen) atoms. The smallest absolute Gasteiger partial charge is 0.320 e. The molecule has 6 aliphatic rings. The van der Waals surface area contributed by atoms with Crippen LogP contribution in [0.2, 0.25) is 0 Å². The Morgan fingerprint density at radius 3 is 2.10 bits per heavy atom. The van der Waals surface area contributed by atoms with E-state index in [4.69, 9.17) is 15.6 Å². The molecule has 11 rings (SSSR count). The fourth-order valence-corrected chi connectivity index (χ4v) is 11.5. The molecular formula is C52H63N13O5. The van der Waals surface area contributed by atoms with E-state index in [0.29, 0.717) is 30.4 Å². The largest absolute Gasteiger partial charge is 0.457 e. The molecule has 5 saturated heterocycles. The first-order chi connectivity index (χ1) is 34.2. The van der Waals surface area contributed by atoms with Gasteiger partial charge in [0.15, 0.2) is 5.65 Å². The summed E-state index contributed by atoms with van der Waals surface area (Å²) in [5.74, 6) is 1.16. The van der Waals surface area contributed by atoms with Crippen molar-refractivity contribution in [1.29, 1.82) is 0 Å². The number of nitrogens with two attached hydrogens (primary N) is 1. The van der Waals surface area contributed by atoms with Crippen molar-refractivity contribution in [1.82, 2.24) is 54.5 Å². The Morgan fingerprint density at radius 1 is 0.714 bits per heavy atom. The highest BCUT2D eigenvalue weighted by Crippen LogP contribution is 2.37. The molecule has 1 unspecified atom stereocenters. The second-order valence-electron chi connectivity index (χ2n) is 19.7. The van der Waals surface area contributed by atoms with Crippen molar-refractivity contribution >= 4 is 46.3 Å². The number of aromatic nitrogens is 4. The van der Waals surface area contributed by atoms with E-state index >= 15 is 0 Å². The van der Waals surface area contributed by atoms with E-state index in [2.05, 4.69) is 55.4 Å². The first-order valence-electron chi connectivity index (χ1n) is 25.3. The first kappa shape index (κ1) is 45.8. The monoisotopic (exact) mass is 950 g/mol. The van der Waals surface area contributed by atoms with Gasteiger partial charge in [-0.2, -0.15) is 5.10 Å². The van der Waals surface area contributed by atoms with Crippen molar-refractivity contribution in [3.05, 3.63) is 90.3 Å². The van der Waals surface area contributed by atoms with E-state index in [1.54, 1.807) is 4.90 Å². The number of carbonyl (C=O) groups excluding carboxylic acids is 4. The van der Waals surface area contributed by atoms with Crippen LogP contribution in [0.3, 0.4) is 0 Å². The molecule has 0 radical (unpaired) electrons. The molecule has 5 fully saturated rings. The van der Waals surface area contributed by atoms with Crippen LogP contribution in [-0.4, -0.2) is 177 Å². The summed E-state index contributed by atoms with van der Waals surface area (Å²) in [5, 5.41) is 8.30. The zero-order chi connectivity index (χ0) is 47.7. The summed E-state index contributed by atoms with van der Waals surface area (Å²) in [7, 11) is 0. The second kappa shape index (κ2) is 20.0. The lowest BCUT2D eigenvalue weighted by molar-refractivity contribution is -0.136. The maximum Gasteiger partial charge on any atom is 0.320 e. The predicted octanol–water partition coefficient (Wildman–Crippen LogP) is 4.68. The lowest BCUT2D eigenvalue weighted by atomic mass is 9.98. The Bertz CT molecular complexity index is 2700. The molecule has 2 aromatic heterocycles.